The molecule has 0 unspecified atom stereocenters. The van der Waals surface area contributed by atoms with Crippen molar-refractivity contribution in [2.45, 2.75) is 20.4 Å². The zero-order valence-electron chi connectivity index (χ0n) is 14.0. The van der Waals surface area contributed by atoms with Crippen LogP contribution in [0.5, 0.6) is 0 Å². The van der Waals surface area contributed by atoms with Crippen LogP contribution in [0.25, 0.3) is 21.8 Å². The Morgan fingerprint density at radius 1 is 1.12 bits per heavy atom. The van der Waals surface area contributed by atoms with Crippen molar-refractivity contribution in [2.24, 2.45) is 0 Å². The Balaban J connectivity index is 1.84. The van der Waals surface area contributed by atoms with E-state index in [1.165, 1.54) is 5.56 Å². The van der Waals surface area contributed by atoms with Crippen LogP contribution in [-0.4, -0.2) is 14.5 Å². The van der Waals surface area contributed by atoms with Gasteiger partial charge in [0.2, 0.25) is 0 Å². The first-order valence-electron chi connectivity index (χ1n) is 8.04. The Morgan fingerprint density at radius 3 is 2.76 bits per heavy atom. The molecule has 0 saturated carbocycles. The molecule has 5 heteroatoms. The number of rotatable bonds is 2. The summed E-state index contributed by atoms with van der Waals surface area (Å²) in [5, 5.41) is 2.03. The van der Waals surface area contributed by atoms with Crippen molar-refractivity contribution in [1.29, 1.82) is 0 Å². The highest BCUT2D eigenvalue weighted by Gasteiger charge is 2.11. The maximum absolute atomic E-state index is 12.7. The van der Waals surface area contributed by atoms with Crippen LogP contribution in [0.15, 0.2) is 53.6 Å². The number of pyridine rings is 1. The quantitative estimate of drug-likeness (QED) is 0.508. The third kappa shape index (κ3) is 2.68. The summed E-state index contributed by atoms with van der Waals surface area (Å²) in [5.41, 5.74) is 4.61. The van der Waals surface area contributed by atoms with Gasteiger partial charge in [-0.1, -0.05) is 35.9 Å². The predicted molar refractivity (Wildman–Crippen MR) is 101 cm³/mol. The van der Waals surface area contributed by atoms with Crippen LogP contribution >= 0.6 is 11.6 Å². The molecule has 0 bridgehead atoms. The smallest absolute Gasteiger partial charge is 0.261 e. The SMILES string of the molecule is Cc1ccc2cc(Cn3cnc4ccccc4c3=O)c(Cl)nc2c1C. The predicted octanol–water partition coefficient (Wildman–Crippen LogP) is 4.26. The van der Waals surface area contributed by atoms with Crippen molar-refractivity contribution in [3.8, 4) is 0 Å². The Hall–Kier alpha value is -2.72. The van der Waals surface area contributed by atoms with Gasteiger partial charge >= 0.3 is 0 Å². The minimum absolute atomic E-state index is 0.0816. The van der Waals surface area contributed by atoms with Gasteiger partial charge < -0.3 is 0 Å². The van der Waals surface area contributed by atoms with Gasteiger partial charge in [-0.15, -0.1) is 0 Å². The maximum Gasteiger partial charge on any atom is 0.261 e. The minimum atomic E-state index is -0.0816. The number of hydrogen-bond donors (Lipinski definition) is 0. The first kappa shape index (κ1) is 15.8. The summed E-state index contributed by atoms with van der Waals surface area (Å²) in [6, 6.07) is 13.4. The molecule has 0 aliphatic carbocycles. The second-order valence-electron chi connectivity index (χ2n) is 6.21. The highest BCUT2D eigenvalue weighted by atomic mass is 35.5. The standard InChI is InChI=1S/C20H16ClN3O/c1-12-7-8-14-9-15(19(21)23-18(14)13(12)2)10-24-11-22-17-6-4-3-5-16(17)20(24)25/h3-9,11H,10H2,1-2H3. The molecular weight excluding hydrogens is 334 g/mol. The molecule has 0 N–H and O–H groups in total. The van der Waals surface area contributed by atoms with Crippen molar-refractivity contribution in [3.05, 3.63) is 81.0 Å². The summed E-state index contributed by atoms with van der Waals surface area (Å²) in [4.78, 5) is 21.6. The number of fused-ring (bicyclic) bond motifs is 2. The molecule has 0 radical (unpaired) electrons. The lowest BCUT2D eigenvalue weighted by Crippen LogP contribution is -2.21. The van der Waals surface area contributed by atoms with Crippen LogP contribution in [-0.2, 0) is 6.54 Å². The minimum Gasteiger partial charge on any atom is -0.294 e. The van der Waals surface area contributed by atoms with E-state index < -0.39 is 0 Å². The molecule has 0 amide bonds. The number of aryl methyl sites for hydroxylation is 2. The number of halogens is 1. The third-order valence-corrected chi connectivity index (χ3v) is 4.94. The Bertz CT molecular complexity index is 1180. The molecular formula is C20H16ClN3O. The van der Waals surface area contributed by atoms with E-state index in [-0.39, 0.29) is 5.56 Å². The van der Waals surface area contributed by atoms with Gasteiger partial charge in [-0.05, 0) is 43.2 Å². The molecule has 2 aromatic heterocycles. The first-order chi connectivity index (χ1) is 12.0. The zero-order chi connectivity index (χ0) is 17.6. The molecule has 0 atom stereocenters. The Labute approximate surface area is 149 Å². The molecule has 124 valence electrons. The lowest BCUT2D eigenvalue weighted by Gasteiger charge is -2.11. The molecule has 0 aliphatic rings. The van der Waals surface area contributed by atoms with Crippen molar-refractivity contribution < 1.29 is 0 Å². The van der Waals surface area contributed by atoms with E-state index in [0.29, 0.717) is 22.6 Å². The number of aromatic nitrogens is 3. The van der Waals surface area contributed by atoms with Gasteiger partial charge in [0, 0.05) is 10.9 Å². The van der Waals surface area contributed by atoms with Gasteiger partial charge in [0.05, 0.1) is 29.3 Å². The summed E-state index contributed by atoms with van der Waals surface area (Å²) in [6.07, 6.45) is 1.56. The molecule has 25 heavy (non-hydrogen) atoms. The average molecular weight is 350 g/mol. The van der Waals surface area contributed by atoms with Gasteiger partial charge in [-0.3, -0.25) is 9.36 Å². The maximum atomic E-state index is 12.7. The van der Waals surface area contributed by atoms with Gasteiger partial charge in [0.1, 0.15) is 5.15 Å². The monoisotopic (exact) mass is 349 g/mol. The van der Waals surface area contributed by atoms with E-state index in [1.54, 1.807) is 17.0 Å². The summed E-state index contributed by atoms with van der Waals surface area (Å²) in [7, 11) is 0. The van der Waals surface area contributed by atoms with Crippen LogP contribution < -0.4 is 5.56 Å². The molecule has 4 nitrogen and oxygen atoms in total. The highest BCUT2D eigenvalue weighted by Crippen LogP contribution is 2.25. The fraction of sp³-hybridized carbons (Fsp3) is 0.150. The van der Waals surface area contributed by atoms with Crippen molar-refractivity contribution in [2.75, 3.05) is 0 Å². The van der Waals surface area contributed by atoms with Crippen LogP contribution in [0.3, 0.4) is 0 Å². The Morgan fingerprint density at radius 2 is 1.92 bits per heavy atom. The summed E-state index contributed by atoms with van der Waals surface area (Å²) >= 11 is 6.40. The van der Waals surface area contributed by atoms with Crippen LogP contribution in [0.2, 0.25) is 5.15 Å². The molecule has 4 aromatic rings. The summed E-state index contributed by atoms with van der Waals surface area (Å²) in [6.45, 7) is 4.43. The van der Waals surface area contributed by atoms with E-state index in [4.69, 9.17) is 11.6 Å². The molecule has 2 heterocycles. The Kier molecular flexibility index (Phi) is 3.77. The number of benzene rings is 2. The molecule has 2 aromatic carbocycles. The van der Waals surface area contributed by atoms with E-state index >= 15 is 0 Å². The van der Waals surface area contributed by atoms with E-state index in [9.17, 15) is 4.79 Å². The third-order valence-electron chi connectivity index (χ3n) is 4.61. The first-order valence-corrected chi connectivity index (χ1v) is 8.42. The van der Waals surface area contributed by atoms with Crippen molar-refractivity contribution in [3.63, 3.8) is 0 Å². The lowest BCUT2D eigenvalue weighted by atomic mass is 10.0. The lowest BCUT2D eigenvalue weighted by molar-refractivity contribution is 0.747. The number of hydrogen-bond acceptors (Lipinski definition) is 3. The largest absolute Gasteiger partial charge is 0.294 e. The van der Waals surface area contributed by atoms with Crippen molar-refractivity contribution >= 4 is 33.4 Å². The number of para-hydroxylation sites is 1. The van der Waals surface area contributed by atoms with Gasteiger partial charge in [-0.25, -0.2) is 9.97 Å². The van der Waals surface area contributed by atoms with Gasteiger partial charge in [0.25, 0.3) is 5.56 Å². The molecule has 0 fully saturated rings. The fourth-order valence-electron chi connectivity index (χ4n) is 3.02. The highest BCUT2D eigenvalue weighted by molar-refractivity contribution is 6.30. The van der Waals surface area contributed by atoms with E-state index in [2.05, 4.69) is 23.0 Å². The van der Waals surface area contributed by atoms with Crippen LogP contribution in [0, 0.1) is 13.8 Å². The molecule has 0 saturated heterocycles. The molecule has 0 aliphatic heterocycles. The zero-order valence-corrected chi connectivity index (χ0v) is 14.7. The summed E-state index contributed by atoms with van der Waals surface area (Å²) < 4.78 is 1.57. The van der Waals surface area contributed by atoms with Crippen LogP contribution in [0.4, 0.5) is 0 Å². The van der Waals surface area contributed by atoms with Gasteiger partial charge in [0.15, 0.2) is 0 Å². The summed E-state index contributed by atoms with van der Waals surface area (Å²) in [5.74, 6) is 0. The molecule has 0 spiro atoms. The van der Waals surface area contributed by atoms with Crippen LogP contribution in [0.1, 0.15) is 16.7 Å². The topological polar surface area (TPSA) is 47.8 Å². The number of nitrogens with zero attached hydrogens (tertiary/aromatic N) is 3. The molecule has 4 rings (SSSR count). The van der Waals surface area contributed by atoms with E-state index in [1.807, 2.05) is 37.3 Å². The second-order valence-corrected chi connectivity index (χ2v) is 6.57. The van der Waals surface area contributed by atoms with E-state index in [0.717, 1.165) is 22.0 Å². The normalized spacial score (nSPS) is 11.3. The fourth-order valence-corrected chi connectivity index (χ4v) is 3.22. The van der Waals surface area contributed by atoms with Crippen molar-refractivity contribution in [1.82, 2.24) is 14.5 Å². The second kappa shape index (κ2) is 5.97. The average Bonchev–Trinajstić information content (AvgIpc) is 2.62. The van der Waals surface area contributed by atoms with Gasteiger partial charge in [-0.2, -0.15) is 0 Å².